The van der Waals surface area contributed by atoms with Crippen molar-refractivity contribution in [2.75, 3.05) is 0 Å². The number of ketones is 1. The number of nitrogens with zero attached hydrogens (tertiary/aromatic N) is 2. The van der Waals surface area contributed by atoms with Crippen molar-refractivity contribution in [3.05, 3.63) is 52.9 Å². The van der Waals surface area contributed by atoms with Crippen LogP contribution in [0.1, 0.15) is 21.6 Å². The maximum absolute atomic E-state index is 12.4. The Kier molecular flexibility index (Phi) is 2.75. The number of para-hydroxylation sites is 1. The minimum atomic E-state index is -0.628. The van der Waals surface area contributed by atoms with Gasteiger partial charge in [-0.2, -0.15) is 5.10 Å². The Balaban J connectivity index is 2.09. The lowest BCUT2D eigenvalue weighted by molar-refractivity contribution is -0.130. The SMILES string of the molecule is Cc1nn(C)cc1/C=C1\C(=O)Oc2ccccc2C1=O. The number of hydrogen-bond acceptors (Lipinski definition) is 4. The highest BCUT2D eigenvalue weighted by atomic mass is 16.5. The molecule has 1 aliphatic heterocycles. The molecule has 1 aromatic carbocycles. The normalized spacial score (nSPS) is 16.2. The van der Waals surface area contributed by atoms with E-state index in [0.29, 0.717) is 11.3 Å². The predicted molar refractivity (Wildman–Crippen MR) is 72.3 cm³/mol. The van der Waals surface area contributed by atoms with Crippen molar-refractivity contribution in [3.8, 4) is 5.75 Å². The van der Waals surface area contributed by atoms with Crippen LogP contribution >= 0.6 is 0 Å². The largest absolute Gasteiger partial charge is 0.422 e. The Labute approximate surface area is 115 Å². The zero-order valence-electron chi connectivity index (χ0n) is 11.1. The van der Waals surface area contributed by atoms with E-state index >= 15 is 0 Å². The fourth-order valence-electron chi connectivity index (χ4n) is 2.18. The second-order valence-electron chi connectivity index (χ2n) is 4.62. The number of fused-ring (bicyclic) bond motifs is 1. The van der Waals surface area contributed by atoms with Gasteiger partial charge in [-0.25, -0.2) is 4.79 Å². The van der Waals surface area contributed by atoms with Crippen LogP contribution in [0.5, 0.6) is 5.75 Å². The van der Waals surface area contributed by atoms with E-state index < -0.39 is 5.97 Å². The second kappa shape index (κ2) is 4.45. The summed E-state index contributed by atoms with van der Waals surface area (Å²) in [7, 11) is 1.78. The highest BCUT2D eigenvalue weighted by Crippen LogP contribution is 2.28. The van der Waals surface area contributed by atoms with E-state index in [1.807, 2.05) is 6.92 Å². The molecule has 0 aliphatic carbocycles. The van der Waals surface area contributed by atoms with E-state index in [1.54, 1.807) is 42.2 Å². The van der Waals surface area contributed by atoms with Crippen molar-refractivity contribution in [3.63, 3.8) is 0 Å². The molecule has 5 heteroatoms. The zero-order chi connectivity index (χ0) is 14.3. The molecule has 0 N–H and O–H groups in total. The number of aryl methyl sites for hydroxylation is 2. The number of esters is 1. The van der Waals surface area contributed by atoms with Gasteiger partial charge in [0, 0.05) is 18.8 Å². The molecule has 3 rings (SSSR count). The molecule has 5 nitrogen and oxygen atoms in total. The van der Waals surface area contributed by atoms with Gasteiger partial charge in [0.25, 0.3) is 0 Å². The summed E-state index contributed by atoms with van der Waals surface area (Å²) in [6, 6.07) is 6.72. The average molecular weight is 268 g/mol. The van der Waals surface area contributed by atoms with Gasteiger partial charge in [-0.05, 0) is 25.1 Å². The van der Waals surface area contributed by atoms with E-state index in [9.17, 15) is 9.59 Å². The van der Waals surface area contributed by atoms with Crippen molar-refractivity contribution in [1.82, 2.24) is 9.78 Å². The van der Waals surface area contributed by atoms with Crippen molar-refractivity contribution in [2.24, 2.45) is 7.05 Å². The van der Waals surface area contributed by atoms with E-state index in [2.05, 4.69) is 5.10 Å². The summed E-state index contributed by atoms with van der Waals surface area (Å²) in [6.45, 7) is 1.82. The third-order valence-corrected chi connectivity index (χ3v) is 3.15. The van der Waals surface area contributed by atoms with Crippen molar-refractivity contribution in [2.45, 2.75) is 6.92 Å². The smallest absolute Gasteiger partial charge is 0.347 e. The molecule has 0 radical (unpaired) electrons. The average Bonchev–Trinajstić information content (AvgIpc) is 2.73. The van der Waals surface area contributed by atoms with Crippen LogP contribution in [0.2, 0.25) is 0 Å². The van der Waals surface area contributed by atoms with Crippen LogP contribution in [0.4, 0.5) is 0 Å². The molecular formula is C15H12N2O3. The van der Waals surface area contributed by atoms with Crippen LogP contribution in [0.25, 0.3) is 6.08 Å². The summed E-state index contributed by atoms with van der Waals surface area (Å²) in [5.74, 6) is -0.639. The van der Waals surface area contributed by atoms with Crippen LogP contribution in [0, 0.1) is 6.92 Å². The van der Waals surface area contributed by atoms with E-state index in [0.717, 1.165) is 11.3 Å². The first-order valence-electron chi connectivity index (χ1n) is 6.14. The summed E-state index contributed by atoms with van der Waals surface area (Å²) >= 11 is 0. The van der Waals surface area contributed by atoms with Gasteiger partial charge in [-0.15, -0.1) is 0 Å². The molecule has 2 heterocycles. The molecule has 100 valence electrons. The number of benzene rings is 1. The number of carbonyl (C=O) groups is 2. The number of rotatable bonds is 1. The van der Waals surface area contributed by atoms with Crippen molar-refractivity contribution >= 4 is 17.8 Å². The highest BCUT2D eigenvalue weighted by Gasteiger charge is 2.30. The fraction of sp³-hybridized carbons (Fsp3) is 0.133. The Hall–Kier alpha value is -2.69. The third kappa shape index (κ3) is 1.93. The molecule has 20 heavy (non-hydrogen) atoms. The molecule has 0 saturated heterocycles. The Morgan fingerprint density at radius 2 is 2.00 bits per heavy atom. The lowest BCUT2D eigenvalue weighted by Gasteiger charge is -2.16. The lowest BCUT2D eigenvalue weighted by Crippen LogP contribution is -2.24. The first-order valence-corrected chi connectivity index (χ1v) is 6.14. The first-order chi connectivity index (χ1) is 9.56. The van der Waals surface area contributed by atoms with E-state index in [1.165, 1.54) is 6.08 Å². The maximum Gasteiger partial charge on any atom is 0.347 e. The van der Waals surface area contributed by atoms with E-state index in [4.69, 9.17) is 4.74 Å². The van der Waals surface area contributed by atoms with Gasteiger partial charge in [-0.1, -0.05) is 12.1 Å². The number of ether oxygens (including phenoxy) is 1. The Morgan fingerprint density at radius 1 is 1.25 bits per heavy atom. The fourth-order valence-corrected chi connectivity index (χ4v) is 2.18. The van der Waals surface area contributed by atoms with Crippen molar-refractivity contribution < 1.29 is 14.3 Å². The Morgan fingerprint density at radius 3 is 2.70 bits per heavy atom. The van der Waals surface area contributed by atoms with Gasteiger partial charge in [0.15, 0.2) is 0 Å². The minimum Gasteiger partial charge on any atom is -0.422 e. The van der Waals surface area contributed by atoms with Gasteiger partial charge in [0.2, 0.25) is 5.78 Å². The monoisotopic (exact) mass is 268 g/mol. The number of Topliss-reactive ketones (excluding diaryl/α,β-unsaturated/α-hetero) is 1. The quantitative estimate of drug-likeness (QED) is 0.343. The molecule has 0 spiro atoms. The van der Waals surface area contributed by atoms with Crippen molar-refractivity contribution in [1.29, 1.82) is 0 Å². The molecule has 0 unspecified atom stereocenters. The van der Waals surface area contributed by atoms with Crippen LogP contribution in [0.15, 0.2) is 36.0 Å². The number of carbonyl (C=O) groups excluding carboxylic acids is 2. The van der Waals surface area contributed by atoms with Gasteiger partial charge in [-0.3, -0.25) is 9.48 Å². The summed E-state index contributed by atoms with van der Waals surface area (Å²) in [5.41, 5.74) is 1.91. The first kappa shape index (κ1) is 12.3. The maximum atomic E-state index is 12.4. The van der Waals surface area contributed by atoms with Gasteiger partial charge in [0.05, 0.1) is 11.3 Å². The summed E-state index contributed by atoms with van der Waals surface area (Å²) < 4.78 is 6.81. The minimum absolute atomic E-state index is 0.0276. The second-order valence-corrected chi connectivity index (χ2v) is 4.62. The molecule has 1 aromatic heterocycles. The van der Waals surface area contributed by atoms with Crippen LogP contribution in [-0.2, 0) is 11.8 Å². The number of hydrogen-bond donors (Lipinski definition) is 0. The van der Waals surface area contributed by atoms with Crippen LogP contribution < -0.4 is 4.74 Å². The Bertz CT molecular complexity index is 756. The lowest BCUT2D eigenvalue weighted by atomic mass is 9.98. The zero-order valence-corrected chi connectivity index (χ0v) is 11.1. The van der Waals surface area contributed by atoms with Gasteiger partial charge in [0.1, 0.15) is 11.3 Å². The topological polar surface area (TPSA) is 61.2 Å². The van der Waals surface area contributed by atoms with Crippen LogP contribution in [-0.4, -0.2) is 21.5 Å². The molecular weight excluding hydrogens is 256 g/mol. The van der Waals surface area contributed by atoms with Crippen LogP contribution in [0.3, 0.4) is 0 Å². The molecule has 0 bridgehead atoms. The summed E-state index contributed by atoms with van der Waals surface area (Å²) in [4.78, 5) is 24.3. The number of aromatic nitrogens is 2. The van der Waals surface area contributed by atoms with Gasteiger partial charge < -0.3 is 4.74 Å². The third-order valence-electron chi connectivity index (χ3n) is 3.15. The predicted octanol–water partition coefficient (Wildman–Crippen LogP) is 1.91. The van der Waals surface area contributed by atoms with E-state index in [-0.39, 0.29) is 11.4 Å². The molecule has 0 saturated carbocycles. The summed E-state index contributed by atoms with van der Waals surface area (Å²) in [5, 5.41) is 4.18. The standard InChI is InChI=1S/C15H12N2O3/c1-9-10(8-17(2)16-9)7-12-14(18)11-5-3-4-6-13(11)20-15(12)19/h3-8H,1-2H3/b12-7-. The molecule has 0 amide bonds. The molecule has 2 aromatic rings. The van der Waals surface area contributed by atoms with Gasteiger partial charge >= 0.3 is 5.97 Å². The molecule has 0 atom stereocenters. The molecule has 1 aliphatic rings. The summed E-state index contributed by atoms with van der Waals surface area (Å²) in [6.07, 6.45) is 3.28. The molecule has 0 fully saturated rings. The highest BCUT2D eigenvalue weighted by molar-refractivity contribution is 6.30.